The number of hydrogen-bond donors (Lipinski definition) is 3. The fourth-order valence-electron chi connectivity index (χ4n) is 3.47. The number of aliphatic hydroxyl groups excluding tert-OH is 1. The fraction of sp³-hybridized carbons (Fsp3) is 0.143. The third-order valence-corrected chi connectivity index (χ3v) is 5.69. The minimum atomic E-state index is -0.810. The molecule has 3 N–H and O–H groups in total. The molecule has 0 radical (unpaired) electrons. The van der Waals surface area contributed by atoms with Crippen molar-refractivity contribution in [1.29, 1.82) is 0 Å². The van der Waals surface area contributed by atoms with Crippen molar-refractivity contribution in [2.75, 3.05) is 6.61 Å². The van der Waals surface area contributed by atoms with Crippen LogP contribution in [0.25, 0.3) is 17.0 Å². The maximum Gasteiger partial charge on any atom is 0.329 e. The minimum absolute atomic E-state index is 0.135. The van der Waals surface area contributed by atoms with Crippen molar-refractivity contribution in [3.63, 3.8) is 0 Å². The topological polar surface area (TPSA) is 85.4 Å². The molecule has 148 valence electrons. The van der Waals surface area contributed by atoms with E-state index < -0.39 is 24.6 Å². The Balaban J connectivity index is 1.69. The van der Waals surface area contributed by atoms with Crippen molar-refractivity contribution in [3.05, 3.63) is 75.0 Å². The van der Waals surface area contributed by atoms with Gasteiger partial charge in [-0.1, -0.05) is 41.4 Å². The number of aromatic nitrogens is 1. The van der Waals surface area contributed by atoms with Crippen molar-refractivity contribution in [1.82, 2.24) is 15.2 Å². The Kier molecular flexibility index (Phi) is 5.08. The molecule has 1 saturated heterocycles. The van der Waals surface area contributed by atoms with E-state index in [2.05, 4.69) is 10.3 Å². The van der Waals surface area contributed by atoms with Gasteiger partial charge in [-0.2, -0.15) is 0 Å². The predicted molar refractivity (Wildman–Crippen MR) is 113 cm³/mol. The number of nitrogens with zero attached hydrogens (tertiary/aromatic N) is 1. The summed E-state index contributed by atoms with van der Waals surface area (Å²) in [5.74, 6) is -0.510. The van der Waals surface area contributed by atoms with Crippen LogP contribution < -0.4 is 5.32 Å². The summed E-state index contributed by atoms with van der Waals surface area (Å²) in [4.78, 5) is 29.6. The van der Waals surface area contributed by atoms with Crippen molar-refractivity contribution in [2.24, 2.45) is 0 Å². The Morgan fingerprint density at radius 3 is 2.55 bits per heavy atom. The van der Waals surface area contributed by atoms with Crippen LogP contribution in [0.1, 0.15) is 22.7 Å². The highest BCUT2D eigenvalue weighted by molar-refractivity contribution is 6.32. The molecule has 2 heterocycles. The number of aryl methyl sites for hydroxylation is 1. The van der Waals surface area contributed by atoms with Gasteiger partial charge in [0.25, 0.3) is 5.91 Å². The van der Waals surface area contributed by atoms with Crippen LogP contribution in [0.3, 0.4) is 0 Å². The summed E-state index contributed by atoms with van der Waals surface area (Å²) in [6.07, 6.45) is 3.37. The molecule has 0 aliphatic carbocycles. The van der Waals surface area contributed by atoms with E-state index in [0.717, 1.165) is 26.9 Å². The summed E-state index contributed by atoms with van der Waals surface area (Å²) >= 11 is 12.1. The highest BCUT2D eigenvalue weighted by Gasteiger charge is 2.39. The van der Waals surface area contributed by atoms with Crippen molar-refractivity contribution in [2.45, 2.75) is 13.0 Å². The molecule has 1 unspecified atom stereocenters. The highest BCUT2D eigenvalue weighted by atomic mass is 35.5. The van der Waals surface area contributed by atoms with Crippen molar-refractivity contribution >= 4 is 52.1 Å². The number of amides is 3. The number of hydrogen-bond acceptors (Lipinski definition) is 3. The van der Waals surface area contributed by atoms with Crippen LogP contribution in [0.5, 0.6) is 0 Å². The van der Waals surface area contributed by atoms with Crippen molar-refractivity contribution < 1.29 is 14.7 Å². The molecule has 1 atom stereocenters. The molecule has 1 aliphatic heterocycles. The molecule has 2 aromatic carbocycles. The summed E-state index contributed by atoms with van der Waals surface area (Å²) < 4.78 is 0. The van der Waals surface area contributed by atoms with Gasteiger partial charge in [-0.3, -0.25) is 4.79 Å². The third-order valence-electron chi connectivity index (χ3n) is 5.03. The summed E-state index contributed by atoms with van der Waals surface area (Å²) in [7, 11) is 0. The molecule has 0 saturated carbocycles. The maximum atomic E-state index is 12.9. The van der Waals surface area contributed by atoms with Gasteiger partial charge in [0.2, 0.25) is 0 Å². The van der Waals surface area contributed by atoms with Crippen LogP contribution in [0, 0.1) is 6.92 Å². The summed E-state index contributed by atoms with van der Waals surface area (Å²) in [6, 6.07) is 8.90. The number of benzene rings is 2. The van der Waals surface area contributed by atoms with E-state index >= 15 is 0 Å². The van der Waals surface area contributed by atoms with Crippen LogP contribution in [-0.2, 0) is 4.79 Å². The van der Waals surface area contributed by atoms with Crippen molar-refractivity contribution in [3.8, 4) is 0 Å². The van der Waals surface area contributed by atoms with E-state index in [1.165, 1.54) is 0 Å². The number of aliphatic hydroxyl groups is 1. The molecule has 1 aromatic heterocycles. The first-order valence-corrected chi connectivity index (χ1v) is 9.65. The lowest BCUT2D eigenvalue weighted by Crippen LogP contribution is -2.36. The second-order valence-corrected chi connectivity index (χ2v) is 7.60. The number of carbonyl (C=O) groups excluding carboxylic acids is 2. The molecule has 6 nitrogen and oxygen atoms in total. The van der Waals surface area contributed by atoms with Crippen LogP contribution in [-0.4, -0.2) is 33.5 Å². The SMILES string of the molecule is Cc1c(Cl)ccc2c(C=C3NC(=O)N(C(CO)c4ccc(Cl)cc4)C3=O)c[nH]c12. The first-order valence-electron chi connectivity index (χ1n) is 8.89. The normalized spacial score (nSPS) is 16.7. The zero-order chi connectivity index (χ0) is 20.7. The number of nitrogens with one attached hydrogen (secondary N) is 2. The Labute approximate surface area is 176 Å². The molecule has 8 heteroatoms. The molecule has 1 fully saturated rings. The van der Waals surface area contributed by atoms with Gasteiger partial charge in [0.1, 0.15) is 5.70 Å². The van der Waals surface area contributed by atoms with E-state index in [-0.39, 0.29) is 5.70 Å². The van der Waals surface area contributed by atoms with E-state index in [9.17, 15) is 14.7 Å². The minimum Gasteiger partial charge on any atom is -0.394 e. The second-order valence-electron chi connectivity index (χ2n) is 6.75. The third kappa shape index (κ3) is 3.40. The van der Waals surface area contributed by atoms with Gasteiger partial charge in [-0.15, -0.1) is 0 Å². The average molecular weight is 430 g/mol. The van der Waals surface area contributed by atoms with Crippen LogP contribution in [0.2, 0.25) is 10.0 Å². The number of H-pyrrole nitrogens is 1. The summed E-state index contributed by atoms with van der Waals surface area (Å²) in [5, 5.41) is 14.5. The largest absolute Gasteiger partial charge is 0.394 e. The van der Waals surface area contributed by atoms with Gasteiger partial charge in [0.15, 0.2) is 0 Å². The monoisotopic (exact) mass is 429 g/mol. The van der Waals surface area contributed by atoms with Crippen LogP contribution >= 0.6 is 23.2 Å². The summed E-state index contributed by atoms with van der Waals surface area (Å²) in [6.45, 7) is 1.50. The first kappa shape index (κ1) is 19.5. The molecule has 3 amide bonds. The molecular weight excluding hydrogens is 413 g/mol. The number of aromatic amines is 1. The quantitative estimate of drug-likeness (QED) is 0.424. The predicted octanol–water partition coefficient (Wildman–Crippen LogP) is 4.41. The fourth-order valence-corrected chi connectivity index (χ4v) is 3.75. The molecule has 1 aliphatic rings. The van der Waals surface area contributed by atoms with Gasteiger partial charge >= 0.3 is 6.03 Å². The van der Waals surface area contributed by atoms with Gasteiger partial charge in [-0.25, -0.2) is 9.69 Å². The van der Waals surface area contributed by atoms with Crippen LogP contribution in [0.15, 0.2) is 48.3 Å². The van der Waals surface area contributed by atoms with Gasteiger partial charge < -0.3 is 15.4 Å². The zero-order valence-corrected chi connectivity index (χ0v) is 16.9. The Morgan fingerprint density at radius 2 is 1.86 bits per heavy atom. The van der Waals surface area contributed by atoms with E-state index in [0.29, 0.717) is 15.6 Å². The Hall–Kier alpha value is -2.80. The number of fused-ring (bicyclic) bond motifs is 1. The summed E-state index contributed by atoms with van der Waals surface area (Å²) in [5.41, 5.74) is 3.26. The molecule has 4 rings (SSSR count). The second kappa shape index (κ2) is 7.55. The van der Waals surface area contributed by atoms with Gasteiger partial charge in [0, 0.05) is 27.2 Å². The number of rotatable bonds is 4. The lowest BCUT2D eigenvalue weighted by Gasteiger charge is -2.23. The average Bonchev–Trinajstić information content (AvgIpc) is 3.23. The maximum absolute atomic E-state index is 12.9. The van der Waals surface area contributed by atoms with Gasteiger partial charge in [-0.05, 0) is 42.3 Å². The Bertz CT molecular complexity index is 1150. The lowest BCUT2D eigenvalue weighted by atomic mass is 10.1. The van der Waals surface area contributed by atoms with E-state index in [1.807, 2.05) is 13.0 Å². The number of imide groups is 1. The number of urea groups is 1. The first-order chi connectivity index (χ1) is 13.9. The van der Waals surface area contributed by atoms with Gasteiger partial charge in [0.05, 0.1) is 18.2 Å². The van der Waals surface area contributed by atoms with Crippen LogP contribution in [0.4, 0.5) is 4.79 Å². The molecule has 29 heavy (non-hydrogen) atoms. The lowest BCUT2D eigenvalue weighted by molar-refractivity contribution is -0.125. The molecule has 3 aromatic rings. The number of halogens is 2. The zero-order valence-electron chi connectivity index (χ0n) is 15.4. The van der Waals surface area contributed by atoms with E-state index in [4.69, 9.17) is 23.2 Å². The van der Waals surface area contributed by atoms with E-state index in [1.54, 1.807) is 42.6 Å². The molecular formula is C21H17Cl2N3O3. The Morgan fingerprint density at radius 1 is 1.14 bits per heavy atom. The number of carbonyl (C=O) groups is 2. The standard InChI is InChI=1S/C21H17Cl2N3O3/c1-11-16(23)7-6-15-13(9-24-19(11)15)8-17-20(28)26(21(29)25-17)18(10-27)12-2-4-14(22)5-3-12/h2-9,18,24,27H,10H2,1H3,(H,25,29). The smallest absolute Gasteiger partial charge is 0.329 e. The highest BCUT2D eigenvalue weighted by Crippen LogP contribution is 2.30. The molecule has 0 spiro atoms. The molecule has 0 bridgehead atoms.